The highest BCUT2D eigenvalue weighted by Crippen LogP contribution is 2.39. The fourth-order valence-electron chi connectivity index (χ4n) is 4.05. The predicted octanol–water partition coefficient (Wildman–Crippen LogP) is 3.79. The third-order valence-corrected chi connectivity index (χ3v) is 7.89. The van der Waals surface area contributed by atoms with Gasteiger partial charge in [-0.1, -0.05) is 6.07 Å². The summed E-state index contributed by atoms with van der Waals surface area (Å²) in [6.45, 7) is 5.95. The van der Waals surface area contributed by atoms with Crippen LogP contribution in [0.15, 0.2) is 41.3 Å². The van der Waals surface area contributed by atoms with Crippen molar-refractivity contribution in [1.29, 1.82) is 0 Å². The van der Waals surface area contributed by atoms with Gasteiger partial charge in [-0.25, -0.2) is 8.42 Å². The quantitative estimate of drug-likeness (QED) is 0.741. The van der Waals surface area contributed by atoms with Crippen LogP contribution in [0, 0.1) is 19.8 Å². The molecule has 2 aromatic rings. The van der Waals surface area contributed by atoms with Crippen molar-refractivity contribution in [1.82, 2.24) is 0 Å². The second-order valence-electron chi connectivity index (χ2n) is 8.74. The first-order valence-corrected chi connectivity index (χ1v) is 12.4. The molecular formula is C24H28N2O4S. The monoisotopic (exact) mass is 440 g/mol. The minimum atomic E-state index is -3.61. The van der Waals surface area contributed by atoms with Gasteiger partial charge in [0.2, 0.25) is 11.8 Å². The maximum absolute atomic E-state index is 12.8. The van der Waals surface area contributed by atoms with E-state index in [0.29, 0.717) is 12.1 Å². The lowest BCUT2D eigenvalue weighted by atomic mass is 10.1. The SMILES string of the molecule is Cc1ccc(NC(=O)CCS(=O)(=O)c2ccc3c(c2)CC(C)N3C(=O)C2CC2)cc1C. The first-order chi connectivity index (χ1) is 14.7. The molecule has 2 amide bonds. The summed E-state index contributed by atoms with van der Waals surface area (Å²) in [5.74, 6) is -0.330. The highest BCUT2D eigenvalue weighted by atomic mass is 32.2. The van der Waals surface area contributed by atoms with Crippen molar-refractivity contribution < 1.29 is 18.0 Å². The number of nitrogens with zero attached hydrogens (tertiary/aromatic N) is 1. The highest BCUT2D eigenvalue weighted by Gasteiger charge is 2.39. The van der Waals surface area contributed by atoms with Crippen LogP contribution in [-0.2, 0) is 25.8 Å². The Morgan fingerprint density at radius 3 is 2.48 bits per heavy atom. The number of fused-ring (bicyclic) bond motifs is 1. The highest BCUT2D eigenvalue weighted by molar-refractivity contribution is 7.91. The van der Waals surface area contributed by atoms with Crippen molar-refractivity contribution >= 4 is 33.0 Å². The van der Waals surface area contributed by atoms with E-state index in [0.717, 1.165) is 35.2 Å². The molecule has 2 aromatic carbocycles. The van der Waals surface area contributed by atoms with E-state index in [2.05, 4.69) is 5.32 Å². The summed E-state index contributed by atoms with van der Waals surface area (Å²) < 4.78 is 25.7. The van der Waals surface area contributed by atoms with Crippen LogP contribution in [0.25, 0.3) is 0 Å². The molecular weight excluding hydrogens is 412 g/mol. The Morgan fingerprint density at radius 2 is 1.81 bits per heavy atom. The molecule has 7 heteroatoms. The Bertz CT molecular complexity index is 1150. The second kappa shape index (κ2) is 8.11. The molecule has 0 bridgehead atoms. The van der Waals surface area contributed by atoms with Gasteiger partial charge in [0.05, 0.1) is 10.6 Å². The van der Waals surface area contributed by atoms with Crippen LogP contribution < -0.4 is 10.2 Å². The molecule has 0 radical (unpaired) electrons. The predicted molar refractivity (Wildman–Crippen MR) is 121 cm³/mol. The zero-order valence-electron chi connectivity index (χ0n) is 18.1. The average molecular weight is 441 g/mol. The number of hydrogen-bond acceptors (Lipinski definition) is 4. The Morgan fingerprint density at radius 1 is 1.06 bits per heavy atom. The van der Waals surface area contributed by atoms with Crippen molar-refractivity contribution in [3.63, 3.8) is 0 Å². The standard InChI is InChI=1S/C24H28N2O4S/c1-15-4-7-20(12-16(15)2)25-23(27)10-11-31(29,30)21-8-9-22-19(14-21)13-17(3)26(22)24(28)18-5-6-18/h4,7-9,12,14,17-18H,5-6,10-11,13H2,1-3H3,(H,25,27). The third-order valence-electron chi connectivity index (χ3n) is 6.18. The van der Waals surface area contributed by atoms with Crippen LogP contribution in [0.5, 0.6) is 0 Å². The van der Waals surface area contributed by atoms with Gasteiger partial charge in [0.15, 0.2) is 9.84 Å². The zero-order chi connectivity index (χ0) is 22.3. The molecule has 31 heavy (non-hydrogen) atoms. The van der Waals surface area contributed by atoms with E-state index in [1.807, 2.05) is 43.9 Å². The summed E-state index contributed by atoms with van der Waals surface area (Å²) in [6.07, 6.45) is 2.40. The van der Waals surface area contributed by atoms with Gasteiger partial charge < -0.3 is 10.2 Å². The molecule has 0 spiro atoms. The number of carbonyl (C=O) groups is 2. The average Bonchev–Trinajstić information content (AvgIpc) is 3.51. The number of amides is 2. The number of anilines is 2. The second-order valence-corrected chi connectivity index (χ2v) is 10.9. The Kier molecular flexibility index (Phi) is 5.64. The fourth-order valence-corrected chi connectivity index (χ4v) is 5.34. The molecule has 1 unspecified atom stereocenters. The van der Waals surface area contributed by atoms with E-state index < -0.39 is 9.84 Å². The van der Waals surface area contributed by atoms with Crippen LogP contribution in [0.1, 0.15) is 42.9 Å². The number of nitrogens with one attached hydrogen (secondary N) is 1. The van der Waals surface area contributed by atoms with Crippen molar-refractivity contribution in [3.05, 3.63) is 53.1 Å². The molecule has 1 N–H and O–H groups in total. The van der Waals surface area contributed by atoms with Crippen molar-refractivity contribution in [2.45, 2.75) is 57.4 Å². The van der Waals surface area contributed by atoms with Crippen molar-refractivity contribution in [3.8, 4) is 0 Å². The lowest BCUT2D eigenvalue weighted by molar-refractivity contribution is -0.120. The summed E-state index contributed by atoms with van der Waals surface area (Å²) >= 11 is 0. The molecule has 1 atom stereocenters. The number of benzene rings is 2. The molecule has 1 saturated carbocycles. The Balaban J connectivity index is 1.43. The summed E-state index contributed by atoms with van der Waals surface area (Å²) in [7, 11) is -3.61. The van der Waals surface area contributed by atoms with E-state index in [1.54, 1.807) is 18.2 Å². The Hall–Kier alpha value is -2.67. The van der Waals surface area contributed by atoms with E-state index in [9.17, 15) is 18.0 Å². The minimum Gasteiger partial charge on any atom is -0.326 e. The molecule has 1 fully saturated rings. The van der Waals surface area contributed by atoms with E-state index >= 15 is 0 Å². The lowest BCUT2D eigenvalue weighted by Crippen LogP contribution is -2.36. The number of sulfone groups is 1. The molecule has 4 rings (SSSR count). The molecule has 2 aliphatic rings. The number of aryl methyl sites for hydroxylation is 2. The van der Waals surface area contributed by atoms with Gasteiger partial charge in [-0.15, -0.1) is 0 Å². The maximum atomic E-state index is 12.8. The van der Waals surface area contributed by atoms with Crippen molar-refractivity contribution in [2.75, 3.05) is 16.0 Å². The smallest absolute Gasteiger partial charge is 0.230 e. The fraction of sp³-hybridized carbons (Fsp3) is 0.417. The molecule has 1 heterocycles. The maximum Gasteiger partial charge on any atom is 0.230 e. The number of carbonyl (C=O) groups excluding carboxylic acids is 2. The van der Waals surface area contributed by atoms with E-state index in [-0.39, 0.29) is 40.8 Å². The largest absolute Gasteiger partial charge is 0.326 e. The summed E-state index contributed by atoms with van der Waals surface area (Å²) in [5.41, 5.74) is 4.55. The zero-order valence-corrected chi connectivity index (χ0v) is 19.0. The topological polar surface area (TPSA) is 83.6 Å². The molecule has 0 saturated heterocycles. The van der Waals surface area contributed by atoms with Gasteiger partial charge in [0.25, 0.3) is 0 Å². The van der Waals surface area contributed by atoms with Gasteiger partial charge >= 0.3 is 0 Å². The summed E-state index contributed by atoms with van der Waals surface area (Å²) in [6, 6.07) is 10.6. The summed E-state index contributed by atoms with van der Waals surface area (Å²) in [5, 5.41) is 2.77. The molecule has 1 aliphatic carbocycles. The first-order valence-electron chi connectivity index (χ1n) is 10.7. The van der Waals surface area contributed by atoms with Gasteiger partial charge in [-0.2, -0.15) is 0 Å². The normalized spacial score (nSPS) is 18.0. The van der Waals surface area contributed by atoms with Crippen LogP contribution in [-0.4, -0.2) is 32.0 Å². The minimum absolute atomic E-state index is 0.0322. The van der Waals surface area contributed by atoms with Gasteiger partial charge in [-0.05, 0) is 87.1 Å². The molecule has 164 valence electrons. The van der Waals surface area contributed by atoms with Crippen LogP contribution >= 0.6 is 0 Å². The van der Waals surface area contributed by atoms with E-state index in [1.165, 1.54) is 0 Å². The van der Waals surface area contributed by atoms with Crippen molar-refractivity contribution in [2.24, 2.45) is 5.92 Å². The van der Waals surface area contributed by atoms with Crippen LogP contribution in [0.2, 0.25) is 0 Å². The number of rotatable bonds is 6. The third kappa shape index (κ3) is 4.51. The Labute approximate surface area is 183 Å². The lowest BCUT2D eigenvalue weighted by Gasteiger charge is -2.22. The molecule has 1 aliphatic heterocycles. The number of hydrogen-bond donors (Lipinski definition) is 1. The first kappa shape index (κ1) is 21.6. The van der Waals surface area contributed by atoms with E-state index in [4.69, 9.17) is 0 Å². The van der Waals surface area contributed by atoms with Crippen LogP contribution in [0.4, 0.5) is 11.4 Å². The summed E-state index contributed by atoms with van der Waals surface area (Å²) in [4.78, 5) is 26.9. The van der Waals surface area contributed by atoms with Crippen LogP contribution in [0.3, 0.4) is 0 Å². The van der Waals surface area contributed by atoms with Gasteiger partial charge in [0, 0.05) is 29.8 Å². The van der Waals surface area contributed by atoms with Gasteiger partial charge in [0.1, 0.15) is 0 Å². The van der Waals surface area contributed by atoms with Gasteiger partial charge in [-0.3, -0.25) is 9.59 Å². The molecule has 6 nitrogen and oxygen atoms in total. The molecule has 0 aromatic heterocycles.